The fourth-order valence-electron chi connectivity index (χ4n) is 6.15. The summed E-state index contributed by atoms with van der Waals surface area (Å²) in [5, 5.41) is 8.19. The number of amides is 1. The van der Waals surface area contributed by atoms with Gasteiger partial charge in [-0.3, -0.25) is 14.7 Å². The molecule has 4 aromatic rings. The number of benzene rings is 2. The number of anilines is 1. The summed E-state index contributed by atoms with van der Waals surface area (Å²) in [6.07, 6.45) is -0.627. The zero-order valence-electron chi connectivity index (χ0n) is 22.4. The Bertz CT molecular complexity index is 1640. The first-order valence-corrected chi connectivity index (χ1v) is 13.4. The Morgan fingerprint density at radius 1 is 1.05 bits per heavy atom. The lowest BCUT2D eigenvalue weighted by atomic mass is 9.75. The predicted octanol–water partition coefficient (Wildman–Crippen LogP) is 4.42. The van der Waals surface area contributed by atoms with E-state index in [9.17, 15) is 18.0 Å². The van der Waals surface area contributed by atoms with E-state index in [1.807, 2.05) is 46.8 Å². The van der Waals surface area contributed by atoms with Crippen LogP contribution in [0.2, 0.25) is 0 Å². The van der Waals surface area contributed by atoms with E-state index in [2.05, 4.69) is 15.2 Å². The van der Waals surface area contributed by atoms with Gasteiger partial charge in [0.05, 0.1) is 31.0 Å². The van der Waals surface area contributed by atoms with E-state index in [1.54, 1.807) is 24.7 Å². The Morgan fingerprint density at radius 2 is 1.90 bits per heavy atom. The van der Waals surface area contributed by atoms with E-state index in [1.165, 1.54) is 11.0 Å². The summed E-state index contributed by atoms with van der Waals surface area (Å²) >= 11 is 0. The van der Waals surface area contributed by atoms with Crippen LogP contribution in [0.15, 0.2) is 61.1 Å². The van der Waals surface area contributed by atoms with Crippen LogP contribution in [-0.4, -0.2) is 43.8 Å². The maximum Gasteiger partial charge on any atom is 0.416 e. The highest BCUT2D eigenvalue weighted by Crippen LogP contribution is 2.42. The van der Waals surface area contributed by atoms with Gasteiger partial charge in [0.2, 0.25) is 0 Å². The molecule has 210 valence electrons. The third kappa shape index (κ3) is 4.49. The van der Waals surface area contributed by atoms with E-state index in [0.717, 1.165) is 22.6 Å². The number of aryl methyl sites for hydroxylation is 1. The van der Waals surface area contributed by atoms with E-state index in [-0.39, 0.29) is 23.1 Å². The van der Waals surface area contributed by atoms with Crippen LogP contribution in [0.1, 0.15) is 49.7 Å². The lowest BCUT2D eigenvalue weighted by molar-refractivity contribution is -0.138. The lowest BCUT2D eigenvalue weighted by Gasteiger charge is -2.42. The number of pyridine rings is 1. The second kappa shape index (κ2) is 9.49. The molecule has 41 heavy (non-hydrogen) atoms. The maximum atomic E-state index is 14.3. The fourth-order valence-corrected chi connectivity index (χ4v) is 6.15. The second-order valence-corrected chi connectivity index (χ2v) is 11.2. The van der Waals surface area contributed by atoms with Gasteiger partial charge in [-0.15, -0.1) is 10.2 Å². The minimum Gasteiger partial charge on any atom is -0.379 e. The van der Waals surface area contributed by atoms with Gasteiger partial charge in [0.15, 0.2) is 0 Å². The zero-order chi connectivity index (χ0) is 28.4. The summed E-state index contributed by atoms with van der Waals surface area (Å²) in [7, 11) is 1.88. The van der Waals surface area contributed by atoms with Crippen LogP contribution < -0.4 is 4.90 Å². The fraction of sp³-hybridized carbons (Fsp3) is 0.333. The number of ether oxygens (including phenoxy) is 1. The molecule has 1 amide bonds. The summed E-state index contributed by atoms with van der Waals surface area (Å²) < 4.78 is 50.4. The van der Waals surface area contributed by atoms with Gasteiger partial charge >= 0.3 is 6.18 Å². The number of aromatic nitrogens is 4. The quantitative estimate of drug-likeness (QED) is 0.348. The van der Waals surface area contributed by atoms with E-state index < -0.39 is 17.6 Å². The Morgan fingerprint density at radius 3 is 2.61 bits per heavy atom. The normalized spacial score (nSPS) is 18.0. The molecule has 8 nitrogen and oxygen atoms in total. The third-order valence-corrected chi connectivity index (χ3v) is 8.39. The molecule has 0 bridgehead atoms. The molecule has 0 spiro atoms. The number of fused-ring (bicyclic) bond motifs is 2. The first-order chi connectivity index (χ1) is 19.7. The van der Waals surface area contributed by atoms with Crippen molar-refractivity contribution in [3.63, 3.8) is 0 Å². The van der Waals surface area contributed by atoms with Crippen molar-refractivity contribution in [1.29, 1.82) is 0 Å². The topological polar surface area (TPSA) is 76.4 Å². The van der Waals surface area contributed by atoms with Crippen molar-refractivity contribution in [3.8, 4) is 0 Å². The summed E-state index contributed by atoms with van der Waals surface area (Å²) in [5.74, 6) is 0.380. The molecule has 3 aliphatic heterocycles. The van der Waals surface area contributed by atoms with Gasteiger partial charge in [0.25, 0.3) is 5.91 Å². The standard InChI is InChI=1S/C30H27F3N6O2/c1-37-18-35-36-27(37)11-29(16-41-17-29)21-5-2-6-22(10-21)39-14-24-23(28(39)40)8-19(9-25(24)30(31,32)33)12-38-13-20-4-3-7-34-26(20)15-38/h2-10,18H,11-17H2,1H3. The van der Waals surface area contributed by atoms with Crippen molar-refractivity contribution in [1.82, 2.24) is 24.6 Å². The molecule has 3 aliphatic rings. The molecule has 11 heteroatoms. The molecule has 0 atom stereocenters. The van der Waals surface area contributed by atoms with Crippen molar-refractivity contribution in [2.24, 2.45) is 7.05 Å². The lowest BCUT2D eigenvalue weighted by Crippen LogP contribution is -2.49. The van der Waals surface area contributed by atoms with Crippen LogP contribution in [0.5, 0.6) is 0 Å². The monoisotopic (exact) mass is 560 g/mol. The molecule has 0 radical (unpaired) electrons. The van der Waals surface area contributed by atoms with Crippen LogP contribution in [0.3, 0.4) is 0 Å². The molecule has 0 N–H and O–H groups in total. The third-order valence-electron chi connectivity index (χ3n) is 8.39. The van der Waals surface area contributed by atoms with Crippen LogP contribution in [0, 0.1) is 0 Å². The number of carbonyl (C=O) groups excluding carboxylic acids is 1. The number of halogens is 3. The molecule has 1 fully saturated rings. The van der Waals surface area contributed by atoms with E-state index in [0.29, 0.717) is 50.5 Å². The molecule has 1 saturated heterocycles. The minimum atomic E-state index is -4.59. The number of hydrogen-bond donors (Lipinski definition) is 0. The number of nitrogens with zero attached hydrogens (tertiary/aromatic N) is 6. The zero-order valence-corrected chi connectivity index (χ0v) is 22.4. The first kappa shape index (κ1) is 25.8. The van der Waals surface area contributed by atoms with Gasteiger partial charge in [-0.05, 0) is 52.6 Å². The Labute approximate surface area is 234 Å². The Kier molecular flexibility index (Phi) is 5.98. The highest BCUT2D eigenvalue weighted by molar-refractivity contribution is 6.10. The average molecular weight is 561 g/mol. The van der Waals surface area contributed by atoms with Crippen molar-refractivity contribution < 1.29 is 22.7 Å². The second-order valence-electron chi connectivity index (χ2n) is 11.2. The van der Waals surface area contributed by atoms with Gasteiger partial charge in [-0.1, -0.05) is 18.2 Å². The molecular formula is C30H27F3N6O2. The summed E-state index contributed by atoms with van der Waals surface area (Å²) in [6.45, 7) is 2.28. The van der Waals surface area contributed by atoms with Crippen LogP contribution >= 0.6 is 0 Å². The summed E-state index contributed by atoms with van der Waals surface area (Å²) in [4.78, 5) is 21.5. The number of alkyl halides is 3. The SMILES string of the molecule is Cn1cnnc1CC1(c2cccc(N3Cc4c(cc(CN5Cc6cccnc6C5)cc4C(F)(F)F)C3=O)c2)COC1. The molecule has 0 unspecified atom stereocenters. The van der Waals surface area contributed by atoms with Crippen LogP contribution in [0.25, 0.3) is 0 Å². The van der Waals surface area contributed by atoms with E-state index in [4.69, 9.17) is 4.74 Å². The summed E-state index contributed by atoms with van der Waals surface area (Å²) in [5.41, 5.74) is 3.00. The summed E-state index contributed by atoms with van der Waals surface area (Å²) in [6, 6.07) is 14.1. The maximum absolute atomic E-state index is 14.3. The van der Waals surface area contributed by atoms with Crippen LogP contribution in [-0.2, 0) is 56.0 Å². The number of carbonyl (C=O) groups is 1. The van der Waals surface area contributed by atoms with Gasteiger partial charge < -0.3 is 14.2 Å². The van der Waals surface area contributed by atoms with Crippen molar-refractivity contribution in [2.45, 2.75) is 44.2 Å². The highest BCUT2D eigenvalue weighted by atomic mass is 19.4. The first-order valence-electron chi connectivity index (χ1n) is 13.4. The highest BCUT2D eigenvalue weighted by Gasteiger charge is 2.43. The van der Waals surface area contributed by atoms with Crippen molar-refractivity contribution in [3.05, 3.63) is 106 Å². The predicted molar refractivity (Wildman–Crippen MR) is 143 cm³/mol. The number of hydrogen-bond acceptors (Lipinski definition) is 6. The van der Waals surface area contributed by atoms with Gasteiger partial charge in [-0.2, -0.15) is 13.2 Å². The number of rotatable bonds is 6. The largest absolute Gasteiger partial charge is 0.416 e. The Balaban J connectivity index is 1.19. The van der Waals surface area contributed by atoms with Crippen molar-refractivity contribution >= 4 is 11.6 Å². The minimum absolute atomic E-state index is 0.0174. The molecular weight excluding hydrogens is 533 g/mol. The molecule has 2 aromatic carbocycles. The van der Waals surface area contributed by atoms with E-state index >= 15 is 0 Å². The smallest absolute Gasteiger partial charge is 0.379 e. The van der Waals surface area contributed by atoms with Crippen molar-refractivity contribution in [2.75, 3.05) is 18.1 Å². The molecule has 7 rings (SSSR count). The Hall–Kier alpha value is -4.09. The molecule has 0 aliphatic carbocycles. The molecule has 5 heterocycles. The van der Waals surface area contributed by atoms with Gasteiger partial charge in [-0.25, -0.2) is 0 Å². The molecule has 0 saturated carbocycles. The van der Waals surface area contributed by atoms with Gasteiger partial charge in [0.1, 0.15) is 12.2 Å². The average Bonchev–Trinajstić information content (AvgIpc) is 3.62. The molecule has 2 aromatic heterocycles. The van der Waals surface area contributed by atoms with Gasteiger partial charge in [0, 0.05) is 56.0 Å². The van der Waals surface area contributed by atoms with Crippen LogP contribution in [0.4, 0.5) is 18.9 Å².